The Bertz CT molecular complexity index is 491. The lowest BCUT2D eigenvalue weighted by atomic mass is 9.95. The van der Waals surface area contributed by atoms with E-state index in [2.05, 4.69) is 20.8 Å². The summed E-state index contributed by atoms with van der Waals surface area (Å²) in [6, 6.07) is 10.00. The molecule has 0 saturated carbocycles. The number of hydrogen-bond acceptors (Lipinski definition) is 4. The Hall–Kier alpha value is -1.20. The van der Waals surface area contributed by atoms with Gasteiger partial charge in [0.05, 0.1) is 13.2 Å². The number of Topliss-reactive ketones (excluding diaryl/α,β-unsaturated/α-hetero) is 1. The highest BCUT2D eigenvalue weighted by Crippen LogP contribution is 2.30. The molecule has 1 aromatic rings. The quantitative estimate of drug-likeness (QED) is 0.479. The molecule has 0 spiro atoms. The van der Waals surface area contributed by atoms with Gasteiger partial charge >= 0.3 is 5.97 Å². The summed E-state index contributed by atoms with van der Waals surface area (Å²) in [5.74, 6) is -0.595. The maximum atomic E-state index is 12.2. The van der Waals surface area contributed by atoms with Crippen LogP contribution < -0.4 is 0 Å². The van der Waals surface area contributed by atoms with Crippen molar-refractivity contribution in [1.29, 1.82) is 0 Å². The summed E-state index contributed by atoms with van der Waals surface area (Å²) in [5, 5.41) is 0. The van der Waals surface area contributed by atoms with Crippen LogP contribution in [0, 0.1) is 0 Å². The number of piperidine rings is 1. The van der Waals surface area contributed by atoms with Crippen LogP contribution in [-0.4, -0.2) is 40.7 Å². The van der Waals surface area contributed by atoms with Crippen LogP contribution in [0.1, 0.15) is 18.9 Å². The maximum absolute atomic E-state index is 12.2. The molecule has 1 fully saturated rings. The van der Waals surface area contributed by atoms with Crippen molar-refractivity contribution < 1.29 is 14.3 Å². The molecule has 2 rings (SSSR count). The fourth-order valence-corrected chi connectivity index (χ4v) is 2.71. The van der Waals surface area contributed by atoms with Gasteiger partial charge in [-0.2, -0.15) is 0 Å². The lowest BCUT2D eigenvalue weighted by Gasteiger charge is -2.34. The van der Waals surface area contributed by atoms with Crippen molar-refractivity contribution in [1.82, 2.24) is 4.90 Å². The van der Waals surface area contributed by atoms with E-state index in [0.717, 1.165) is 6.54 Å². The molecule has 1 saturated heterocycles. The molecule has 108 valence electrons. The number of rotatable bonds is 4. The van der Waals surface area contributed by atoms with Crippen molar-refractivity contribution in [2.75, 3.05) is 19.7 Å². The average molecular weight is 340 g/mol. The highest BCUT2D eigenvalue weighted by molar-refractivity contribution is 9.10. The third kappa shape index (κ3) is 3.27. The molecule has 0 N–H and O–H groups in total. The van der Waals surface area contributed by atoms with Crippen molar-refractivity contribution in [2.24, 2.45) is 0 Å². The predicted molar refractivity (Wildman–Crippen MR) is 79.6 cm³/mol. The van der Waals surface area contributed by atoms with Crippen LogP contribution in [0.25, 0.3) is 0 Å². The zero-order chi connectivity index (χ0) is 14.6. The van der Waals surface area contributed by atoms with Crippen LogP contribution in [0.5, 0.6) is 0 Å². The first-order valence-electron chi connectivity index (χ1n) is 6.72. The minimum Gasteiger partial charge on any atom is -0.465 e. The van der Waals surface area contributed by atoms with E-state index in [-0.39, 0.29) is 18.9 Å². The number of carbonyl (C=O) groups excluding carboxylic acids is 2. The van der Waals surface area contributed by atoms with Gasteiger partial charge in [-0.25, -0.2) is 0 Å². The van der Waals surface area contributed by atoms with Gasteiger partial charge in [0.1, 0.15) is 0 Å². The zero-order valence-corrected chi connectivity index (χ0v) is 13.1. The van der Waals surface area contributed by atoms with Crippen LogP contribution in [0.15, 0.2) is 30.3 Å². The summed E-state index contributed by atoms with van der Waals surface area (Å²) in [5.41, 5.74) is 1.17. The van der Waals surface area contributed by atoms with Crippen molar-refractivity contribution in [3.63, 3.8) is 0 Å². The standard InChI is InChI=1S/C15H18BrNO3/c1-2-20-14(19)15(16)8-9-17(11-13(15)18)10-12-6-4-3-5-7-12/h3-7H,2,8-11H2,1H3/t15-/m1/s1. The SMILES string of the molecule is CCOC(=O)[C@@]1(Br)CCN(Cc2ccccc2)CC1=O. The van der Waals surface area contributed by atoms with E-state index < -0.39 is 10.3 Å². The average Bonchev–Trinajstić information content (AvgIpc) is 2.44. The summed E-state index contributed by atoms with van der Waals surface area (Å²) in [6.07, 6.45) is 0.442. The van der Waals surface area contributed by atoms with Crippen molar-refractivity contribution in [3.8, 4) is 0 Å². The topological polar surface area (TPSA) is 46.6 Å². The number of likely N-dealkylation sites (tertiary alicyclic amines) is 1. The fourth-order valence-electron chi connectivity index (χ4n) is 2.30. The third-order valence-corrected chi connectivity index (χ3v) is 4.59. The molecule has 0 bridgehead atoms. The van der Waals surface area contributed by atoms with Crippen LogP contribution in [-0.2, 0) is 20.9 Å². The molecule has 1 aliphatic heterocycles. The Morgan fingerprint density at radius 1 is 1.40 bits per heavy atom. The van der Waals surface area contributed by atoms with Gasteiger partial charge in [-0.1, -0.05) is 46.3 Å². The number of ether oxygens (including phenoxy) is 1. The van der Waals surface area contributed by atoms with E-state index in [9.17, 15) is 9.59 Å². The lowest BCUT2D eigenvalue weighted by molar-refractivity contribution is -0.150. The number of carbonyl (C=O) groups is 2. The van der Waals surface area contributed by atoms with Crippen molar-refractivity contribution >= 4 is 27.7 Å². The Kier molecular flexibility index (Phi) is 4.94. The first-order chi connectivity index (χ1) is 9.56. The molecule has 20 heavy (non-hydrogen) atoms. The second-order valence-electron chi connectivity index (χ2n) is 4.89. The van der Waals surface area contributed by atoms with Crippen LogP contribution >= 0.6 is 15.9 Å². The van der Waals surface area contributed by atoms with Crippen LogP contribution in [0.3, 0.4) is 0 Å². The number of alkyl halides is 1. The van der Waals surface area contributed by atoms with E-state index in [4.69, 9.17) is 4.74 Å². The lowest BCUT2D eigenvalue weighted by Crippen LogP contribution is -2.53. The molecule has 0 aromatic heterocycles. The number of esters is 1. The number of benzene rings is 1. The molecule has 0 amide bonds. The number of ketones is 1. The Balaban J connectivity index is 1.99. The summed E-state index contributed by atoms with van der Waals surface area (Å²) in [7, 11) is 0. The molecule has 0 radical (unpaired) electrons. The maximum Gasteiger partial charge on any atom is 0.330 e. The van der Waals surface area contributed by atoms with Gasteiger partial charge in [0.15, 0.2) is 10.1 Å². The molecule has 0 aliphatic carbocycles. The molecule has 1 aromatic carbocycles. The largest absolute Gasteiger partial charge is 0.465 e. The second kappa shape index (κ2) is 6.50. The molecular weight excluding hydrogens is 322 g/mol. The van der Waals surface area contributed by atoms with Gasteiger partial charge in [-0.15, -0.1) is 0 Å². The van der Waals surface area contributed by atoms with Gasteiger partial charge in [0.2, 0.25) is 0 Å². The molecule has 4 nitrogen and oxygen atoms in total. The van der Waals surface area contributed by atoms with Gasteiger partial charge < -0.3 is 4.74 Å². The summed E-state index contributed by atoms with van der Waals surface area (Å²) >= 11 is 3.29. The fraction of sp³-hybridized carbons (Fsp3) is 0.467. The van der Waals surface area contributed by atoms with Gasteiger partial charge in [-0.3, -0.25) is 14.5 Å². The Morgan fingerprint density at radius 2 is 2.10 bits per heavy atom. The summed E-state index contributed by atoms with van der Waals surface area (Å²) in [6.45, 7) is 3.69. The first kappa shape index (κ1) is 15.2. The van der Waals surface area contributed by atoms with E-state index in [1.54, 1.807) is 6.92 Å². The molecule has 1 aliphatic rings. The number of hydrogen-bond donors (Lipinski definition) is 0. The molecular formula is C15H18BrNO3. The van der Waals surface area contributed by atoms with Crippen molar-refractivity contribution in [2.45, 2.75) is 24.2 Å². The number of halogens is 1. The molecule has 1 heterocycles. The van der Waals surface area contributed by atoms with Gasteiger partial charge in [-0.05, 0) is 18.9 Å². The minimum atomic E-state index is -1.16. The van der Waals surface area contributed by atoms with Gasteiger partial charge in [0, 0.05) is 13.1 Å². The monoisotopic (exact) mass is 339 g/mol. The van der Waals surface area contributed by atoms with E-state index in [0.29, 0.717) is 13.0 Å². The molecule has 1 atom stereocenters. The van der Waals surface area contributed by atoms with Crippen LogP contribution in [0.4, 0.5) is 0 Å². The van der Waals surface area contributed by atoms with Crippen LogP contribution in [0.2, 0.25) is 0 Å². The third-order valence-electron chi connectivity index (χ3n) is 3.43. The summed E-state index contributed by atoms with van der Waals surface area (Å²) in [4.78, 5) is 26.2. The highest BCUT2D eigenvalue weighted by atomic mass is 79.9. The predicted octanol–water partition coefficient (Wildman–Crippen LogP) is 2.16. The normalized spacial score (nSPS) is 23.6. The van der Waals surface area contributed by atoms with E-state index >= 15 is 0 Å². The van der Waals surface area contributed by atoms with Gasteiger partial charge in [0.25, 0.3) is 0 Å². The Labute approximate surface area is 127 Å². The minimum absolute atomic E-state index is 0.127. The Morgan fingerprint density at radius 3 is 2.70 bits per heavy atom. The first-order valence-corrected chi connectivity index (χ1v) is 7.51. The van der Waals surface area contributed by atoms with E-state index in [1.165, 1.54) is 5.56 Å². The number of nitrogens with zero attached hydrogens (tertiary/aromatic N) is 1. The summed E-state index contributed by atoms with van der Waals surface area (Å²) < 4.78 is 3.83. The van der Waals surface area contributed by atoms with Crippen molar-refractivity contribution in [3.05, 3.63) is 35.9 Å². The second-order valence-corrected chi connectivity index (χ2v) is 6.24. The molecule has 0 unspecified atom stereocenters. The van der Waals surface area contributed by atoms with E-state index in [1.807, 2.05) is 30.3 Å². The smallest absolute Gasteiger partial charge is 0.330 e. The molecule has 5 heteroatoms. The highest BCUT2D eigenvalue weighted by Gasteiger charge is 2.47. The zero-order valence-electron chi connectivity index (χ0n) is 11.5.